The smallest absolute Gasteiger partial charge is 0.239 e. The molecule has 1 unspecified atom stereocenters. The van der Waals surface area contributed by atoms with Gasteiger partial charge in [-0.15, -0.1) is 11.3 Å². The van der Waals surface area contributed by atoms with Crippen LogP contribution in [0.25, 0.3) is 0 Å². The molecule has 2 heterocycles. The summed E-state index contributed by atoms with van der Waals surface area (Å²) in [6, 6.07) is 7.61. The molecular weight excluding hydrogens is 426 g/mol. The van der Waals surface area contributed by atoms with Gasteiger partial charge in [-0.3, -0.25) is 9.59 Å². The summed E-state index contributed by atoms with van der Waals surface area (Å²) in [5.41, 5.74) is 2.08. The number of nitrogens with one attached hydrogen (secondary N) is 1. The second-order valence-electron chi connectivity index (χ2n) is 7.01. The number of para-hydroxylation sites is 1. The van der Waals surface area contributed by atoms with Crippen LogP contribution in [0.5, 0.6) is 0 Å². The topological polar surface area (TPSA) is 62.3 Å². The molecule has 7 heteroatoms. The highest BCUT2D eigenvalue weighted by Gasteiger charge is 2.38. The van der Waals surface area contributed by atoms with E-state index in [0.29, 0.717) is 19.5 Å². The van der Waals surface area contributed by atoms with Crippen LogP contribution in [0, 0.1) is 5.92 Å². The number of rotatable bonds is 5. The van der Waals surface area contributed by atoms with E-state index in [0.717, 1.165) is 34.4 Å². The van der Waals surface area contributed by atoms with E-state index in [2.05, 4.69) is 21.2 Å². The monoisotopic (exact) mass is 447 g/mol. The molecule has 1 saturated heterocycles. The molecule has 1 aromatic heterocycles. The van der Waals surface area contributed by atoms with Crippen molar-refractivity contribution in [2.24, 2.45) is 5.92 Å². The van der Waals surface area contributed by atoms with Gasteiger partial charge < -0.3 is 10.2 Å². The predicted octanol–water partition coefficient (Wildman–Crippen LogP) is 3.50. The molecule has 0 bridgehead atoms. The molecule has 2 aromatic rings. The Kier molecular flexibility index (Phi) is 5.59. The van der Waals surface area contributed by atoms with Crippen LogP contribution in [0.3, 0.4) is 0 Å². The molecule has 1 atom stereocenters. The van der Waals surface area contributed by atoms with Gasteiger partial charge in [-0.05, 0) is 60.2 Å². The minimum absolute atomic E-state index is 0.121. The maximum absolute atomic E-state index is 12.7. The first kappa shape index (κ1) is 18.6. The Bertz CT molecular complexity index is 843. The van der Waals surface area contributed by atoms with Gasteiger partial charge in [0.15, 0.2) is 0 Å². The molecule has 2 aliphatic rings. The molecule has 0 radical (unpaired) electrons. The van der Waals surface area contributed by atoms with Gasteiger partial charge in [-0.25, -0.2) is 4.98 Å². The molecule has 1 N–H and O–H groups in total. The third-order valence-corrected chi connectivity index (χ3v) is 7.08. The Morgan fingerprint density at radius 1 is 1.30 bits per heavy atom. The van der Waals surface area contributed by atoms with E-state index in [1.54, 1.807) is 16.2 Å². The Hall–Kier alpha value is -1.73. The predicted molar refractivity (Wildman–Crippen MR) is 110 cm³/mol. The summed E-state index contributed by atoms with van der Waals surface area (Å²) in [5, 5.41) is 4.03. The highest BCUT2D eigenvalue weighted by Crippen LogP contribution is 2.31. The van der Waals surface area contributed by atoms with Crippen LogP contribution in [-0.4, -0.2) is 29.9 Å². The van der Waals surface area contributed by atoms with Gasteiger partial charge in [0, 0.05) is 28.9 Å². The maximum Gasteiger partial charge on any atom is 0.239 e. The van der Waals surface area contributed by atoms with Crippen LogP contribution in [0.4, 0.5) is 5.69 Å². The van der Waals surface area contributed by atoms with E-state index in [9.17, 15) is 9.59 Å². The van der Waals surface area contributed by atoms with Crippen LogP contribution < -0.4 is 10.2 Å². The zero-order chi connectivity index (χ0) is 18.8. The van der Waals surface area contributed by atoms with Gasteiger partial charge in [0.1, 0.15) is 5.92 Å². The standard InChI is InChI=1S/C20H22BrN3O2S/c21-14-5-1-3-7-16(14)24-12-10-13(20(24)26)19(25)22-11-9-18-23-15-6-2-4-8-17(15)27-18/h1,3,5,7,13H,2,4,6,8-12H2,(H,22,25). The molecule has 4 rings (SSSR count). The molecule has 5 nitrogen and oxygen atoms in total. The number of carbonyl (C=O) groups excluding carboxylic acids is 2. The minimum atomic E-state index is -0.596. The Morgan fingerprint density at radius 3 is 2.93 bits per heavy atom. The van der Waals surface area contributed by atoms with Gasteiger partial charge in [-0.1, -0.05) is 12.1 Å². The molecule has 1 aliphatic carbocycles. The zero-order valence-corrected chi connectivity index (χ0v) is 17.4. The Labute approximate surface area is 171 Å². The summed E-state index contributed by atoms with van der Waals surface area (Å²) in [6.07, 6.45) is 5.99. The average Bonchev–Trinajstić information content (AvgIpc) is 3.25. The van der Waals surface area contributed by atoms with Gasteiger partial charge in [0.2, 0.25) is 11.8 Å². The van der Waals surface area contributed by atoms with Crippen LogP contribution in [0.15, 0.2) is 28.7 Å². The molecule has 1 aromatic carbocycles. The second kappa shape index (κ2) is 8.10. The van der Waals surface area contributed by atoms with E-state index in [4.69, 9.17) is 4.98 Å². The lowest BCUT2D eigenvalue weighted by Crippen LogP contribution is -2.37. The van der Waals surface area contributed by atoms with Crippen molar-refractivity contribution in [3.63, 3.8) is 0 Å². The van der Waals surface area contributed by atoms with Gasteiger partial charge in [0.05, 0.1) is 16.4 Å². The highest BCUT2D eigenvalue weighted by atomic mass is 79.9. The first-order valence-corrected chi connectivity index (χ1v) is 11.1. The average molecular weight is 448 g/mol. The fraction of sp³-hybridized carbons (Fsp3) is 0.450. The number of fused-ring (bicyclic) bond motifs is 1. The number of hydrogen-bond acceptors (Lipinski definition) is 4. The van der Waals surface area contributed by atoms with Crippen molar-refractivity contribution in [3.8, 4) is 0 Å². The quantitative estimate of drug-likeness (QED) is 0.713. The van der Waals surface area contributed by atoms with Crippen molar-refractivity contribution in [3.05, 3.63) is 44.3 Å². The SMILES string of the molecule is O=C(NCCc1nc2c(s1)CCCC2)C1CCN(c2ccccc2Br)C1=O. The fourth-order valence-corrected chi connectivity index (χ4v) is 5.42. The first-order valence-electron chi connectivity index (χ1n) is 9.44. The number of benzene rings is 1. The van der Waals surface area contributed by atoms with Gasteiger partial charge >= 0.3 is 0 Å². The third-order valence-electron chi connectivity index (χ3n) is 5.19. The van der Waals surface area contributed by atoms with Crippen LogP contribution in [0.1, 0.15) is 34.8 Å². The number of aryl methyl sites for hydroxylation is 2. The molecule has 1 fully saturated rings. The Morgan fingerprint density at radius 2 is 2.11 bits per heavy atom. The number of nitrogens with zero attached hydrogens (tertiary/aromatic N) is 2. The molecule has 1 aliphatic heterocycles. The zero-order valence-electron chi connectivity index (χ0n) is 15.0. The number of carbonyl (C=O) groups is 2. The number of aromatic nitrogens is 1. The summed E-state index contributed by atoms with van der Waals surface area (Å²) in [7, 11) is 0. The number of halogens is 1. The van der Waals surface area contributed by atoms with Crippen molar-refractivity contribution in [1.29, 1.82) is 0 Å². The van der Waals surface area contributed by atoms with Crippen molar-refractivity contribution in [2.75, 3.05) is 18.0 Å². The summed E-state index contributed by atoms with van der Waals surface area (Å²) >= 11 is 5.26. The minimum Gasteiger partial charge on any atom is -0.355 e. The van der Waals surface area contributed by atoms with Gasteiger partial charge in [0.25, 0.3) is 0 Å². The van der Waals surface area contributed by atoms with E-state index < -0.39 is 5.92 Å². The summed E-state index contributed by atoms with van der Waals surface area (Å²) < 4.78 is 0.868. The van der Waals surface area contributed by atoms with Gasteiger partial charge in [-0.2, -0.15) is 0 Å². The lowest BCUT2D eigenvalue weighted by molar-refractivity contribution is -0.132. The molecule has 27 heavy (non-hydrogen) atoms. The van der Waals surface area contributed by atoms with E-state index in [-0.39, 0.29) is 11.8 Å². The normalized spacial score (nSPS) is 19.2. The number of hydrogen-bond donors (Lipinski definition) is 1. The lowest BCUT2D eigenvalue weighted by atomic mass is 10.0. The highest BCUT2D eigenvalue weighted by molar-refractivity contribution is 9.10. The van der Waals surface area contributed by atoms with E-state index in [1.165, 1.54) is 23.4 Å². The first-order chi connectivity index (χ1) is 13.1. The summed E-state index contributed by atoms with van der Waals surface area (Å²) in [5.74, 6) is -0.887. The molecule has 0 spiro atoms. The Balaban J connectivity index is 1.32. The summed E-state index contributed by atoms with van der Waals surface area (Å²) in [6.45, 7) is 1.10. The maximum atomic E-state index is 12.7. The molecule has 0 saturated carbocycles. The van der Waals surface area contributed by atoms with Crippen LogP contribution in [0.2, 0.25) is 0 Å². The van der Waals surface area contributed by atoms with Crippen molar-refractivity contribution in [2.45, 2.75) is 38.5 Å². The van der Waals surface area contributed by atoms with Crippen LogP contribution >= 0.6 is 27.3 Å². The fourth-order valence-electron chi connectivity index (χ4n) is 3.76. The number of amides is 2. The third kappa shape index (κ3) is 3.94. The largest absolute Gasteiger partial charge is 0.355 e. The van der Waals surface area contributed by atoms with Crippen molar-refractivity contribution >= 4 is 44.8 Å². The van der Waals surface area contributed by atoms with Crippen molar-refractivity contribution in [1.82, 2.24) is 10.3 Å². The lowest BCUT2D eigenvalue weighted by Gasteiger charge is -2.18. The summed E-state index contributed by atoms with van der Waals surface area (Å²) in [4.78, 5) is 33.0. The molecular formula is C20H22BrN3O2S. The molecule has 142 valence electrons. The molecule has 2 amide bonds. The van der Waals surface area contributed by atoms with E-state index in [1.807, 2.05) is 24.3 Å². The van der Waals surface area contributed by atoms with E-state index >= 15 is 0 Å². The number of thiazole rings is 1. The number of anilines is 1. The van der Waals surface area contributed by atoms with Crippen molar-refractivity contribution < 1.29 is 9.59 Å². The second-order valence-corrected chi connectivity index (χ2v) is 9.03. The van der Waals surface area contributed by atoms with Crippen LogP contribution in [-0.2, 0) is 28.9 Å².